The molecular formula is C11H10BrNO4S. The van der Waals surface area contributed by atoms with E-state index in [-0.39, 0.29) is 12.3 Å². The number of amides is 1. The Kier molecular flexibility index (Phi) is 3.29. The first kappa shape index (κ1) is 13.2. The number of anilines is 1. The second-order valence-corrected chi connectivity index (χ2v) is 7.25. The van der Waals surface area contributed by atoms with Crippen molar-refractivity contribution < 1.29 is 18.0 Å². The fourth-order valence-corrected chi connectivity index (χ4v) is 2.63. The lowest BCUT2D eigenvalue weighted by atomic mass is 10.1. The Bertz CT molecular complexity index is 638. The van der Waals surface area contributed by atoms with Crippen molar-refractivity contribution in [3.05, 3.63) is 28.2 Å². The molecule has 0 radical (unpaired) electrons. The summed E-state index contributed by atoms with van der Waals surface area (Å²) >= 11 is 3.23. The van der Waals surface area contributed by atoms with Gasteiger partial charge in [-0.25, -0.2) is 8.42 Å². The SMILES string of the molecule is CS(=O)(=O)CCN1C(=O)C(=O)c2cc(Br)ccc21. The van der Waals surface area contributed by atoms with Gasteiger partial charge in [0.15, 0.2) is 0 Å². The standard InChI is InChI=1S/C11H10BrNO4S/c1-18(16,17)5-4-13-9-3-2-7(12)6-8(9)10(14)11(13)15/h2-3,6H,4-5H2,1H3. The van der Waals surface area contributed by atoms with Crippen molar-refractivity contribution in [2.75, 3.05) is 23.5 Å². The van der Waals surface area contributed by atoms with E-state index in [1.165, 1.54) is 4.90 Å². The van der Waals surface area contributed by atoms with Crippen LogP contribution in [0.5, 0.6) is 0 Å². The van der Waals surface area contributed by atoms with E-state index in [9.17, 15) is 18.0 Å². The van der Waals surface area contributed by atoms with Gasteiger partial charge in [0, 0.05) is 17.3 Å². The second-order valence-electron chi connectivity index (χ2n) is 4.08. The van der Waals surface area contributed by atoms with Crippen LogP contribution in [0.25, 0.3) is 0 Å². The molecule has 0 aromatic heterocycles. The molecule has 1 aromatic carbocycles. The van der Waals surface area contributed by atoms with Crippen LogP contribution >= 0.6 is 15.9 Å². The van der Waals surface area contributed by atoms with Crippen molar-refractivity contribution in [2.45, 2.75) is 0 Å². The first-order valence-corrected chi connectivity index (χ1v) is 7.98. The van der Waals surface area contributed by atoms with E-state index in [1.54, 1.807) is 18.2 Å². The highest BCUT2D eigenvalue weighted by molar-refractivity contribution is 9.10. The number of carbonyl (C=O) groups excluding carboxylic acids is 2. The first-order valence-electron chi connectivity index (χ1n) is 5.13. The Labute approximate surface area is 113 Å². The summed E-state index contributed by atoms with van der Waals surface area (Å²) in [6, 6.07) is 4.90. The number of sulfone groups is 1. The molecule has 0 saturated heterocycles. The Hall–Kier alpha value is -1.21. The van der Waals surface area contributed by atoms with Crippen LogP contribution in [0.3, 0.4) is 0 Å². The maximum atomic E-state index is 11.8. The molecule has 0 spiro atoms. The van der Waals surface area contributed by atoms with E-state index in [1.807, 2.05) is 0 Å². The summed E-state index contributed by atoms with van der Waals surface area (Å²) in [5.41, 5.74) is 0.778. The Morgan fingerprint density at radius 3 is 2.56 bits per heavy atom. The Balaban J connectivity index is 2.35. The van der Waals surface area contributed by atoms with E-state index in [4.69, 9.17) is 0 Å². The topological polar surface area (TPSA) is 71.5 Å². The van der Waals surface area contributed by atoms with Gasteiger partial charge in [0.05, 0.1) is 17.0 Å². The predicted molar refractivity (Wildman–Crippen MR) is 70.5 cm³/mol. The van der Waals surface area contributed by atoms with Crippen molar-refractivity contribution >= 4 is 43.1 Å². The summed E-state index contributed by atoms with van der Waals surface area (Å²) in [6.07, 6.45) is 1.10. The molecule has 0 aliphatic carbocycles. The van der Waals surface area contributed by atoms with Crippen LogP contribution in [-0.2, 0) is 14.6 Å². The van der Waals surface area contributed by atoms with Gasteiger partial charge in [-0.15, -0.1) is 0 Å². The fourth-order valence-electron chi connectivity index (χ4n) is 1.75. The minimum Gasteiger partial charge on any atom is -0.304 e. The molecule has 0 saturated carbocycles. The summed E-state index contributed by atoms with van der Waals surface area (Å²) < 4.78 is 22.9. The van der Waals surface area contributed by atoms with Gasteiger partial charge >= 0.3 is 0 Å². The monoisotopic (exact) mass is 331 g/mol. The van der Waals surface area contributed by atoms with Crippen molar-refractivity contribution in [3.63, 3.8) is 0 Å². The predicted octanol–water partition coefficient (Wildman–Crippen LogP) is 1.02. The van der Waals surface area contributed by atoms with E-state index in [0.717, 1.165) is 6.26 Å². The Morgan fingerprint density at radius 2 is 1.94 bits per heavy atom. The molecule has 0 atom stereocenters. The third-order valence-corrected chi connectivity index (χ3v) is 4.04. The van der Waals surface area contributed by atoms with Crippen LogP contribution in [0.2, 0.25) is 0 Å². The number of hydrogen-bond donors (Lipinski definition) is 0. The molecule has 0 fully saturated rings. The molecule has 1 aliphatic heterocycles. The molecule has 1 aromatic rings. The fraction of sp³-hybridized carbons (Fsp3) is 0.273. The van der Waals surface area contributed by atoms with Crippen LogP contribution in [0.4, 0.5) is 5.69 Å². The lowest BCUT2D eigenvalue weighted by molar-refractivity contribution is -0.114. The normalized spacial score (nSPS) is 15.1. The van der Waals surface area contributed by atoms with Gasteiger partial charge in [0.1, 0.15) is 9.84 Å². The highest BCUT2D eigenvalue weighted by Crippen LogP contribution is 2.31. The van der Waals surface area contributed by atoms with E-state index < -0.39 is 21.5 Å². The average Bonchev–Trinajstić information content (AvgIpc) is 2.49. The zero-order chi connectivity index (χ0) is 13.5. The minimum absolute atomic E-state index is 0.00195. The van der Waals surface area contributed by atoms with Gasteiger partial charge in [0.2, 0.25) is 0 Å². The molecule has 96 valence electrons. The maximum Gasteiger partial charge on any atom is 0.299 e. The van der Waals surface area contributed by atoms with Crippen molar-refractivity contribution in [3.8, 4) is 0 Å². The van der Waals surface area contributed by atoms with Crippen molar-refractivity contribution in [1.29, 1.82) is 0 Å². The molecule has 2 rings (SSSR count). The lowest BCUT2D eigenvalue weighted by Crippen LogP contribution is -2.33. The zero-order valence-corrected chi connectivity index (χ0v) is 11.9. The number of ketones is 1. The second kappa shape index (κ2) is 4.47. The third kappa shape index (κ3) is 2.46. The van der Waals surface area contributed by atoms with E-state index >= 15 is 0 Å². The van der Waals surface area contributed by atoms with Gasteiger partial charge in [-0.2, -0.15) is 0 Å². The lowest BCUT2D eigenvalue weighted by Gasteiger charge is -2.15. The van der Waals surface area contributed by atoms with Gasteiger partial charge in [-0.1, -0.05) is 15.9 Å². The molecule has 0 N–H and O–H groups in total. The average molecular weight is 332 g/mol. The molecule has 0 unspecified atom stereocenters. The van der Waals surface area contributed by atoms with Crippen molar-refractivity contribution in [1.82, 2.24) is 0 Å². The molecule has 1 heterocycles. The summed E-state index contributed by atoms with van der Waals surface area (Å²) in [5, 5.41) is 0. The number of fused-ring (bicyclic) bond motifs is 1. The van der Waals surface area contributed by atoms with Gasteiger partial charge in [-0.05, 0) is 18.2 Å². The van der Waals surface area contributed by atoms with Gasteiger partial charge < -0.3 is 4.90 Å². The number of benzene rings is 1. The number of halogens is 1. The zero-order valence-electron chi connectivity index (χ0n) is 9.51. The molecule has 0 bridgehead atoms. The van der Waals surface area contributed by atoms with E-state index in [2.05, 4.69) is 15.9 Å². The smallest absolute Gasteiger partial charge is 0.299 e. The van der Waals surface area contributed by atoms with Crippen molar-refractivity contribution in [2.24, 2.45) is 0 Å². The number of nitrogens with zero attached hydrogens (tertiary/aromatic N) is 1. The summed E-state index contributed by atoms with van der Waals surface area (Å²) in [6.45, 7) is -0.00195. The van der Waals surface area contributed by atoms with E-state index in [0.29, 0.717) is 15.7 Å². The molecule has 1 amide bonds. The molecular weight excluding hydrogens is 322 g/mol. The van der Waals surface area contributed by atoms with Crippen LogP contribution in [0.15, 0.2) is 22.7 Å². The summed E-state index contributed by atoms with van der Waals surface area (Å²) in [4.78, 5) is 24.7. The highest BCUT2D eigenvalue weighted by atomic mass is 79.9. The summed E-state index contributed by atoms with van der Waals surface area (Å²) in [7, 11) is -3.18. The molecule has 1 aliphatic rings. The van der Waals surface area contributed by atoms with Crippen LogP contribution in [-0.4, -0.2) is 38.7 Å². The largest absolute Gasteiger partial charge is 0.304 e. The molecule has 7 heteroatoms. The Morgan fingerprint density at radius 1 is 1.28 bits per heavy atom. The van der Waals surface area contributed by atoms with Crippen LogP contribution < -0.4 is 4.90 Å². The molecule has 18 heavy (non-hydrogen) atoms. The highest BCUT2D eigenvalue weighted by Gasteiger charge is 2.35. The van der Waals surface area contributed by atoms with Crippen LogP contribution in [0.1, 0.15) is 10.4 Å². The maximum absolute atomic E-state index is 11.8. The minimum atomic E-state index is -3.18. The summed E-state index contributed by atoms with van der Waals surface area (Å²) in [5.74, 6) is -1.44. The number of hydrogen-bond acceptors (Lipinski definition) is 4. The number of carbonyl (C=O) groups is 2. The quantitative estimate of drug-likeness (QED) is 0.775. The van der Waals surface area contributed by atoms with Gasteiger partial charge in [-0.3, -0.25) is 9.59 Å². The third-order valence-electron chi connectivity index (χ3n) is 2.62. The number of Topliss-reactive ketones (excluding diaryl/α,β-unsaturated/α-hetero) is 1. The molecule has 5 nitrogen and oxygen atoms in total. The van der Waals surface area contributed by atoms with Gasteiger partial charge in [0.25, 0.3) is 11.7 Å². The number of rotatable bonds is 3. The van der Waals surface area contributed by atoms with Crippen LogP contribution in [0, 0.1) is 0 Å². The first-order chi connectivity index (χ1) is 8.29.